The summed E-state index contributed by atoms with van der Waals surface area (Å²) >= 11 is 5.45. The Kier molecular flexibility index (Phi) is 5.22. The van der Waals surface area contributed by atoms with Crippen molar-refractivity contribution in [2.75, 3.05) is 12.5 Å². The first-order chi connectivity index (χ1) is 13.7. The molecule has 29 heavy (non-hydrogen) atoms. The molecule has 0 saturated heterocycles. The average Bonchev–Trinajstić information content (AvgIpc) is 2.98. The third kappa shape index (κ3) is 3.03. The normalized spacial score (nSPS) is 43.7. The summed E-state index contributed by atoms with van der Waals surface area (Å²) in [6.45, 7) is 3.97. The number of hydrogen-bond donors (Lipinski definition) is 1. The van der Waals surface area contributed by atoms with Crippen LogP contribution < -0.4 is 0 Å². The molecule has 5 nitrogen and oxygen atoms in total. The van der Waals surface area contributed by atoms with Crippen molar-refractivity contribution in [2.24, 2.45) is 28.6 Å². The largest absolute Gasteiger partial charge is 0.457 e. The van der Waals surface area contributed by atoms with Crippen LogP contribution in [-0.4, -0.2) is 40.7 Å². The number of alkyl halides is 1. The Morgan fingerprint density at radius 2 is 1.86 bits per heavy atom. The van der Waals surface area contributed by atoms with Crippen LogP contribution in [0.25, 0.3) is 0 Å². The van der Waals surface area contributed by atoms with E-state index in [2.05, 4.69) is 13.8 Å². The second kappa shape index (κ2) is 7.19. The molecule has 0 spiro atoms. The van der Waals surface area contributed by atoms with Crippen molar-refractivity contribution in [3.63, 3.8) is 0 Å². The van der Waals surface area contributed by atoms with Gasteiger partial charge < -0.3 is 9.84 Å². The number of carbonyl (C=O) groups excluding carboxylic acids is 3. The van der Waals surface area contributed by atoms with Gasteiger partial charge in [-0.2, -0.15) is 0 Å². The molecule has 0 aromatic carbocycles. The van der Waals surface area contributed by atoms with Gasteiger partial charge in [0.05, 0.1) is 0 Å². The molecule has 0 aromatic rings. The number of allylic oxidation sites excluding steroid dienone is 1. The fourth-order valence-electron chi connectivity index (χ4n) is 7.34. The minimum absolute atomic E-state index is 0.0682. The second-order valence-corrected chi connectivity index (χ2v) is 10.3. The Bertz CT molecular complexity index is 775. The summed E-state index contributed by atoms with van der Waals surface area (Å²) in [5.74, 6) is 0.144. The molecular formula is C23H31ClO5. The molecule has 6 heteroatoms. The van der Waals surface area contributed by atoms with Gasteiger partial charge in [0, 0.05) is 11.8 Å². The maximum Gasteiger partial charge on any atom is 0.321 e. The van der Waals surface area contributed by atoms with Crippen LogP contribution in [0.5, 0.6) is 0 Å². The highest BCUT2D eigenvalue weighted by atomic mass is 35.5. The van der Waals surface area contributed by atoms with Crippen LogP contribution in [0, 0.1) is 28.6 Å². The third-order valence-electron chi connectivity index (χ3n) is 9.05. The molecule has 6 atom stereocenters. The molecular weight excluding hydrogens is 392 g/mol. The van der Waals surface area contributed by atoms with Crippen molar-refractivity contribution in [3.05, 3.63) is 11.6 Å². The van der Waals surface area contributed by atoms with Crippen LogP contribution in [0.1, 0.15) is 65.2 Å². The zero-order valence-electron chi connectivity index (χ0n) is 17.3. The summed E-state index contributed by atoms with van der Waals surface area (Å²) in [5.41, 5.74) is -0.565. The Morgan fingerprint density at radius 1 is 1.14 bits per heavy atom. The van der Waals surface area contributed by atoms with Gasteiger partial charge in [0.2, 0.25) is 5.78 Å². The lowest BCUT2D eigenvalue weighted by Crippen LogP contribution is -2.58. The van der Waals surface area contributed by atoms with Crippen molar-refractivity contribution < 1.29 is 24.2 Å². The molecule has 0 radical (unpaired) electrons. The number of aliphatic hydroxyl groups is 1. The monoisotopic (exact) mass is 422 g/mol. The van der Waals surface area contributed by atoms with Crippen LogP contribution in [0.15, 0.2) is 11.6 Å². The zero-order valence-corrected chi connectivity index (χ0v) is 18.1. The fraction of sp³-hybridized carbons (Fsp3) is 0.783. The van der Waals surface area contributed by atoms with Gasteiger partial charge in [0.1, 0.15) is 11.5 Å². The maximum atomic E-state index is 12.9. The molecule has 3 saturated carbocycles. The summed E-state index contributed by atoms with van der Waals surface area (Å²) < 4.78 is 4.94. The molecule has 160 valence electrons. The molecule has 0 aromatic heterocycles. The number of Topliss-reactive ketones (excluding diaryl/α,β-unsaturated/α-hetero) is 1. The Labute approximate surface area is 177 Å². The van der Waals surface area contributed by atoms with Crippen molar-refractivity contribution in [1.82, 2.24) is 0 Å². The minimum Gasteiger partial charge on any atom is -0.457 e. The molecule has 4 aliphatic carbocycles. The zero-order chi connectivity index (χ0) is 21.0. The first-order valence-electron chi connectivity index (χ1n) is 10.9. The lowest BCUT2D eigenvalue weighted by molar-refractivity contribution is -0.169. The predicted molar refractivity (Wildman–Crippen MR) is 108 cm³/mol. The van der Waals surface area contributed by atoms with Gasteiger partial charge in [-0.3, -0.25) is 14.4 Å². The molecule has 0 amide bonds. The van der Waals surface area contributed by atoms with Gasteiger partial charge in [-0.15, -0.1) is 11.6 Å². The molecule has 0 aliphatic heterocycles. The van der Waals surface area contributed by atoms with E-state index in [9.17, 15) is 19.5 Å². The van der Waals surface area contributed by atoms with Gasteiger partial charge in [-0.05, 0) is 74.2 Å². The van der Waals surface area contributed by atoms with Crippen molar-refractivity contribution in [2.45, 2.75) is 70.8 Å². The Morgan fingerprint density at radius 3 is 2.59 bits per heavy atom. The second-order valence-electron chi connectivity index (χ2n) is 10.0. The number of halogens is 1. The lowest BCUT2D eigenvalue weighted by atomic mass is 9.46. The van der Waals surface area contributed by atoms with E-state index in [-0.39, 0.29) is 23.0 Å². The maximum absolute atomic E-state index is 12.9. The summed E-state index contributed by atoms with van der Waals surface area (Å²) in [6.07, 6.45) is 8.37. The van der Waals surface area contributed by atoms with Crippen LogP contribution >= 0.6 is 11.6 Å². The van der Waals surface area contributed by atoms with E-state index in [0.717, 1.165) is 38.5 Å². The van der Waals surface area contributed by atoms with Crippen LogP contribution in [-0.2, 0) is 19.1 Å². The summed E-state index contributed by atoms with van der Waals surface area (Å²) in [7, 11) is 0. The first kappa shape index (κ1) is 21.0. The first-order valence-corrected chi connectivity index (χ1v) is 11.4. The van der Waals surface area contributed by atoms with Crippen molar-refractivity contribution >= 4 is 29.1 Å². The van der Waals surface area contributed by atoms with Crippen molar-refractivity contribution in [1.29, 1.82) is 0 Å². The molecule has 0 heterocycles. The number of hydrogen-bond acceptors (Lipinski definition) is 5. The van der Waals surface area contributed by atoms with Gasteiger partial charge in [-0.25, -0.2) is 0 Å². The van der Waals surface area contributed by atoms with Gasteiger partial charge in [-0.1, -0.05) is 19.4 Å². The minimum atomic E-state index is -1.45. The summed E-state index contributed by atoms with van der Waals surface area (Å²) in [6, 6.07) is 0. The van der Waals surface area contributed by atoms with E-state index in [1.165, 1.54) is 5.57 Å². The van der Waals surface area contributed by atoms with E-state index in [0.29, 0.717) is 24.7 Å². The third-order valence-corrected chi connectivity index (χ3v) is 9.27. The van der Waals surface area contributed by atoms with E-state index < -0.39 is 29.4 Å². The van der Waals surface area contributed by atoms with E-state index in [1.807, 2.05) is 6.08 Å². The average molecular weight is 423 g/mol. The molecule has 5 unspecified atom stereocenters. The van der Waals surface area contributed by atoms with Crippen molar-refractivity contribution in [3.8, 4) is 0 Å². The number of carbonyl (C=O) groups is 3. The quantitative estimate of drug-likeness (QED) is 0.553. The molecule has 0 bridgehead atoms. The van der Waals surface area contributed by atoms with Crippen LogP contribution in [0.4, 0.5) is 0 Å². The standard InChI is InChI=1S/C23H31ClO5/c1-21-8-5-15(25)11-14(21)3-4-16-17(21)6-9-22(2)18(16)7-10-23(22,28)19(26)13-29-20(27)12-24/h11,16-18,28H,3-10,12-13H2,1-2H3/t16?,17?,18?,21?,22?,23-/m0/s1. The van der Waals surface area contributed by atoms with Crippen LogP contribution in [0.3, 0.4) is 0 Å². The van der Waals surface area contributed by atoms with Gasteiger partial charge in [0.25, 0.3) is 0 Å². The van der Waals surface area contributed by atoms with Gasteiger partial charge in [0.15, 0.2) is 12.4 Å². The SMILES string of the molecule is CC12CCC(=O)C=C1CCC1C2CCC2(C)C1CC[C@]2(O)C(=O)COC(=O)CCl. The van der Waals surface area contributed by atoms with Gasteiger partial charge >= 0.3 is 5.97 Å². The highest BCUT2D eigenvalue weighted by Gasteiger charge is 2.66. The Hall–Kier alpha value is -1.20. The topological polar surface area (TPSA) is 80.7 Å². The fourth-order valence-corrected chi connectivity index (χ4v) is 7.41. The molecule has 4 rings (SSSR count). The van der Waals surface area contributed by atoms with E-state index in [1.54, 1.807) is 0 Å². The highest BCUT2D eigenvalue weighted by Crippen LogP contribution is 2.67. The lowest BCUT2D eigenvalue weighted by Gasteiger charge is -2.58. The molecule has 4 aliphatic rings. The number of ether oxygens (including phenoxy) is 1. The number of fused-ring (bicyclic) bond motifs is 5. The number of ketones is 2. The van der Waals surface area contributed by atoms with E-state index >= 15 is 0 Å². The van der Waals surface area contributed by atoms with Crippen LogP contribution in [0.2, 0.25) is 0 Å². The molecule has 1 N–H and O–H groups in total. The summed E-state index contributed by atoms with van der Waals surface area (Å²) in [5, 5.41) is 11.5. The number of rotatable bonds is 4. The smallest absolute Gasteiger partial charge is 0.321 e. The Balaban J connectivity index is 1.57. The molecule has 3 fully saturated rings. The summed E-state index contributed by atoms with van der Waals surface area (Å²) in [4.78, 5) is 36.2. The highest BCUT2D eigenvalue weighted by molar-refractivity contribution is 6.26. The predicted octanol–water partition coefficient (Wildman–Crippen LogP) is 3.60. The van der Waals surface area contributed by atoms with E-state index in [4.69, 9.17) is 16.3 Å². The number of esters is 1.